The zero-order valence-corrected chi connectivity index (χ0v) is 30.7. The van der Waals surface area contributed by atoms with Crippen LogP contribution < -0.4 is 27.0 Å². The Morgan fingerprint density at radius 2 is 1.71 bits per heavy atom. The Morgan fingerprint density at radius 3 is 2.43 bits per heavy atom. The van der Waals surface area contributed by atoms with Gasteiger partial charge in [-0.05, 0) is 29.7 Å². The van der Waals surface area contributed by atoms with E-state index in [4.69, 9.17) is 15.5 Å². The van der Waals surface area contributed by atoms with Gasteiger partial charge in [0, 0.05) is 79.0 Å². The minimum atomic E-state index is -1.34. The molecule has 1 unspecified atom stereocenters. The van der Waals surface area contributed by atoms with E-state index in [1.807, 2.05) is 62.5 Å². The molecule has 1 fully saturated rings. The molecule has 0 aliphatic carbocycles. The Labute approximate surface area is 306 Å². The number of nitrogens with one attached hydrogen (secondary N) is 5. The number of hydrogen-bond acceptors (Lipinski definition) is 10. The van der Waals surface area contributed by atoms with Crippen LogP contribution in [0, 0.1) is 5.92 Å². The number of carbonyl (C=O) groups excluding carboxylic acids is 4. The van der Waals surface area contributed by atoms with E-state index in [9.17, 15) is 24.3 Å². The van der Waals surface area contributed by atoms with Gasteiger partial charge in [0.05, 0.1) is 17.4 Å². The van der Waals surface area contributed by atoms with Crippen molar-refractivity contribution in [2.45, 2.75) is 87.3 Å². The molecule has 0 radical (unpaired) electrons. The number of thioether (sulfide) groups is 2. The zero-order chi connectivity index (χ0) is 36.4. The number of benzene rings is 1. The van der Waals surface area contributed by atoms with Crippen LogP contribution >= 0.6 is 23.5 Å². The summed E-state index contributed by atoms with van der Waals surface area (Å²) in [5, 5.41) is 23.1. The summed E-state index contributed by atoms with van der Waals surface area (Å²) in [6.45, 7) is 4.31. The molecule has 4 amide bonds. The molecule has 2 aliphatic rings. The maximum absolute atomic E-state index is 14.3. The lowest BCUT2D eigenvalue weighted by molar-refractivity contribution is -0.140. The number of amides is 4. The number of aliphatic hydroxyl groups excluding tert-OH is 1. The smallest absolute Gasteiger partial charge is 0.246 e. The molecule has 13 nitrogen and oxygen atoms in total. The minimum Gasteiger partial charge on any atom is -0.381 e. The van der Waals surface area contributed by atoms with Crippen molar-refractivity contribution in [3.8, 4) is 0 Å². The van der Waals surface area contributed by atoms with Gasteiger partial charge in [-0.25, -0.2) is 0 Å². The van der Waals surface area contributed by atoms with Crippen LogP contribution in [0.3, 0.4) is 0 Å². The molecular formula is C36H49N7O6S2. The van der Waals surface area contributed by atoms with Gasteiger partial charge >= 0.3 is 0 Å². The monoisotopic (exact) mass is 739 g/mol. The molecule has 2 bridgehead atoms. The SMILES string of the molecule is CC[C@H](C)[C@@H]1NC(=O)[C@H](Cc2c[nH]c3ccccc23)NC(=O)C2(CCOCC2)NC(=O)CCSCc2cccc(n2)CSC[C@@H](C(N)O)NC1=O. The van der Waals surface area contributed by atoms with Crippen molar-refractivity contribution in [2.24, 2.45) is 11.7 Å². The first-order valence-corrected chi connectivity index (χ1v) is 19.8. The van der Waals surface area contributed by atoms with Gasteiger partial charge in [-0.3, -0.25) is 24.2 Å². The predicted molar refractivity (Wildman–Crippen MR) is 200 cm³/mol. The average molecular weight is 740 g/mol. The first kappa shape index (κ1) is 38.6. The lowest BCUT2D eigenvalue weighted by Crippen LogP contribution is -2.65. The van der Waals surface area contributed by atoms with Crippen LogP contribution in [0.4, 0.5) is 0 Å². The summed E-state index contributed by atoms with van der Waals surface area (Å²) in [4.78, 5) is 63.7. The second kappa shape index (κ2) is 18.2. The van der Waals surface area contributed by atoms with Crippen molar-refractivity contribution >= 4 is 58.1 Å². The average Bonchev–Trinajstić information content (AvgIpc) is 3.53. The lowest BCUT2D eigenvalue weighted by atomic mass is 9.88. The molecule has 5 rings (SSSR count). The van der Waals surface area contributed by atoms with Crippen LogP contribution in [0.15, 0.2) is 48.7 Å². The molecule has 4 heterocycles. The fraction of sp³-hybridized carbons (Fsp3) is 0.528. The van der Waals surface area contributed by atoms with E-state index < -0.39 is 47.6 Å². The van der Waals surface area contributed by atoms with Crippen molar-refractivity contribution < 1.29 is 29.0 Å². The normalized spacial score (nSPS) is 24.3. The molecular weight excluding hydrogens is 691 g/mol. The lowest BCUT2D eigenvalue weighted by Gasteiger charge is -2.37. The number of aromatic amines is 1. The standard InChI is InChI=1S/C36H49N7O6S2/c1-3-22(2)31-34(47)40-29(32(37)45)21-51-20-25-8-6-7-24(39-25)19-50-16-11-30(44)43-36(12-14-49-15-13-36)35(48)41-28(33(46)42-31)17-23-18-38-27-10-5-4-9-26(23)27/h4-10,18,22,28-29,31-32,38,45H,3,11-17,19-21,37H2,1-2H3,(H,40,47)(H,41,48)(H,42,46)(H,43,44)/t22-,28-,29-,31-,32?/m0/s1. The summed E-state index contributed by atoms with van der Waals surface area (Å²) in [7, 11) is 0. The van der Waals surface area contributed by atoms with E-state index in [1.54, 1.807) is 11.8 Å². The number of hydrogen-bond donors (Lipinski definition) is 7. The molecule has 51 heavy (non-hydrogen) atoms. The largest absolute Gasteiger partial charge is 0.381 e. The molecule has 15 heteroatoms. The van der Waals surface area contributed by atoms with Gasteiger partial charge in [0.25, 0.3) is 0 Å². The van der Waals surface area contributed by atoms with Gasteiger partial charge in [-0.1, -0.05) is 44.5 Å². The molecule has 1 saturated heterocycles. The Bertz CT molecular complexity index is 1660. The van der Waals surface area contributed by atoms with Crippen molar-refractivity contribution in [1.29, 1.82) is 0 Å². The summed E-state index contributed by atoms with van der Waals surface area (Å²) in [6.07, 6.45) is 1.86. The highest BCUT2D eigenvalue weighted by Gasteiger charge is 2.43. The van der Waals surface area contributed by atoms with E-state index in [0.29, 0.717) is 29.4 Å². The Hall–Kier alpha value is -3.63. The third-order valence-electron chi connectivity index (χ3n) is 9.55. The van der Waals surface area contributed by atoms with Crippen molar-refractivity contribution in [3.05, 3.63) is 65.6 Å². The highest BCUT2D eigenvalue weighted by molar-refractivity contribution is 7.98. The Morgan fingerprint density at radius 1 is 0.980 bits per heavy atom. The Kier molecular flexibility index (Phi) is 13.8. The number of pyridine rings is 1. The van der Waals surface area contributed by atoms with E-state index >= 15 is 0 Å². The molecule has 8 N–H and O–H groups in total. The number of H-pyrrole nitrogens is 1. The molecule has 3 aromatic rings. The number of aliphatic hydroxyl groups is 1. The number of fused-ring (bicyclic) bond motifs is 3. The quantitative estimate of drug-likeness (QED) is 0.190. The van der Waals surface area contributed by atoms with Crippen molar-refractivity contribution in [3.63, 3.8) is 0 Å². The first-order valence-electron chi connectivity index (χ1n) is 17.5. The summed E-state index contributed by atoms with van der Waals surface area (Å²) >= 11 is 3.05. The number of aromatic nitrogens is 2. The van der Waals surface area contributed by atoms with Crippen molar-refractivity contribution in [1.82, 2.24) is 31.2 Å². The number of rotatable bonds is 5. The van der Waals surface area contributed by atoms with Gasteiger partial charge in [0.2, 0.25) is 23.6 Å². The maximum atomic E-state index is 14.3. The highest BCUT2D eigenvalue weighted by atomic mass is 32.2. The molecule has 0 saturated carbocycles. The number of nitrogens with zero attached hydrogens (tertiary/aromatic N) is 1. The van der Waals surface area contributed by atoms with Crippen LogP contribution in [-0.4, -0.2) is 93.3 Å². The van der Waals surface area contributed by atoms with E-state index in [0.717, 1.165) is 27.9 Å². The Balaban J connectivity index is 1.46. The first-order chi connectivity index (χ1) is 24.6. The summed E-state index contributed by atoms with van der Waals surface area (Å²) < 4.78 is 5.58. The summed E-state index contributed by atoms with van der Waals surface area (Å²) in [6, 6.07) is 10.6. The zero-order valence-electron chi connectivity index (χ0n) is 29.1. The minimum absolute atomic E-state index is 0.128. The fourth-order valence-corrected chi connectivity index (χ4v) is 8.13. The molecule has 276 valence electrons. The van der Waals surface area contributed by atoms with Crippen LogP contribution in [0.5, 0.6) is 0 Å². The summed E-state index contributed by atoms with van der Waals surface area (Å²) in [5.41, 5.74) is 8.05. The van der Waals surface area contributed by atoms with E-state index in [2.05, 4.69) is 26.3 Å². The molecule has 5 atom stereocenters. The van der Waals surface area contributed by atoms with E-state index in [-0.39, 0.29) is 50.7 Å². The van der Waals surface area contributed by atoms with Gasteiger partial charge in [0.15, 0.2) is 0 Å². The number of ether oxygens (including phenoxy) is 1. The number of para-hydroxylation sites is 1. The van der Waals surface area contributed by atoms with Gasteiger partial charge in [0.1, 0.15) is 23.9 Å². The fourth-order valence-electron chi connectivity index (χ4n) is 6.26. The topological polar surface area (TPSA) is 201 Å². The van der Waals surface area contributed by atoms with Crippen LogP contribution in [-0.2, 0) is 41.8 Å². The molecule has 2 aromatic heterocycles. The predicted octanol–water partition coefficient (Wildman–Crippen LogP) is 2.12. The summed E-state index contributed by atoms with van der Waals surface area (Å²) in [5.74, 6) is -0.100. The van der Waals surface area contributed by atoms with Crippen molar-refractivity contribution in [2.75, 3.05) is 24.7 Å². The molecule has 1 spiro atoms. The van der Waals surface area contributed by atoms with Crippen LogP contribution in [0.1, 0.15) is 56.5 Å². The third-order valence-corrected chi connectivity index (χ3v) is 11.6. The van der Waals surface area contributed by atoms with Gasteiger partial charge in [-0.2, -0.15) is 23.5 Å². The second-order valence-corrected chi connectivity index (χ2v) is 15.4. The van der Waals surface area contributed by atoms with Crippen LogP contribution in [0.2, 0.25) is 0 Å². The third kappa shape index (κ3) is 10.3. The van der Waals surface area contributed by atoms with Gasteiger partial charge < -0.3 is 41.8 Å². The van der Waals surface area contributed by atoms with Crippen LogP contribution in [0.25, 0.3) is 10.9 Å². The number of carbonyl (C=O) groups is 4. The second-order valence-electron chi connectivity index (χ2n) is 13.2. The maximum Gasteiger partial charge on any atom is 0.246 e. The molecule has 1 aromatic carbocycles. The van der Waals surface area contributed by atoms with E-state index in [1.165, 1.54) is 11.8 Å². The highest BCUT2D eigenvalue weighted by Crippen LogP contribution is 2.24. The number of nitrogens with two attached hydrogens (primary N) is 1. The molecule has 2 aliphatic heterocycles. The van der Waals surface area contributed by atoms with Gasteiger partial charge in [-0.15, -0.1) is 0 Å².